The molecule has 1 aliphatic heterocycles. The molecule has 0 N–H and O–H groups in total. The molecule has 1 fully saturated rings. The molecule has 0 atom stereocenters. The average Bonchev–Trinajstić information content (AvgIpc) is 3.53. The molecule has 0 aliphatic carbocycles. The van der Waals surface area contributed by atoms with Crippen LogP contribution in [0.15, 0.2) is 64.8 Å². The number of ether oxygens (including phenoxy) is 1. The lowest BCUT2D eigenvalue weighted by Crippen LogP contribution is -2.08. The summed E-state index contributed by atoms with van der Waals surface area (Å²) in [6, 6.07) is 18.7. The van der Waals surface area contributed by atoms with Crippen molar-refractivity contribution in [1.29, 1.82) is 5.26 Å². The van der Waals surface area contributed by atoms with Gasteiger partial charge in [-0.3, -0.25) is 0 Å². The lowest BCUT2D eigenvalue weighted by Gasteiger charge is -2.08. The van der Waals surface area contributed by atoms with E-state index in [0.29, 0.717) is 28.4 Å². The van der Waals surface area contributed by atoms with Crippen LogP contribution in [0.3, 0.4) is 0 Å². The number of benzene rings is 2. The molecule has 1 saturated heterocycles. The maximum Gasteiger partial charge on any atom is 0.341 e. The molecule has 0 unspecified atom stereocenters. The van der Waals surface area contributed by atoms with E-state index in [1.54, 1.807) is 31.2 Å². The second-order valence-corrected chi connectivity index (χ2v) is 7.37. The van der Waals surface area contributed by atoms with Gasteiger partial charge in [-0.15, -0.1) is 10.2 Å². The van der Waals surface area contributed by atoms with E-state index < -0.39 is 0 Å². The van der Waals surface area contributed by atoms with E-state index in [9.17, 15) is 4.79 Å². The summed E-state index contributed by atoms with van der Waals surface area (Å²) >= 11 is 1.44. The van der Waals surface area contributed by atoms with E-state index in [-0.39, 0.29) is 5.97 Å². The molecule has 0 radical (unpaired) electrons. The third-order valence-electron chi connectivity index (χ3n) is 4.40. The number of nitriles is 1. The summed E-state index contributed by atoms with van der Waals surface area (Å²) in [6.07, 6.45) is 0. The van der Waals surface area contributed by atoms with Crippen molar-refractivity contribution in [2.45, 2.75) is 6.92 Å². The molecule has 1 aromatic heterocycles. The van der Waals surface area contributed by atoms with Crippen LogP contribution in [0.2, 0.25) is 0 Å². The molecule has 0 saturated carbocycles. The second kappa shape index (κ2) is 8.25. The Morgan fingerprint density at radius 2 is 1.86 bits per heavy atom. The van der Waals surface area contributed by atoms with Crippen molar-refractivity contribution in [2.75, 3.05) is 24.6 Å². The Hall–Kier alpha value is -3.50. The molecule has 0 amide bonds. The number of carbonyl (C=O) groups is 1. The molecule has 4 rings (SSSR count). The zero-order chi connectivity index (χ0) is 20.2. The van der Waals surface area contributed by atoms with Crippen molar-refractivity contribution in [3.05, 3.63) is 65.7 Å². The zero-order valence-corrected chi connectivity index (χ0v) is 16.6. The molecular formula is C22H18N4O2S. The minimum Gasteiger partial charge on any atom is -0.462 e. The molecule has 7 heteroatoms. The quantitative estimate of drug-likeness (QED) is 0.301. The summed E-state index contributed by atoms with van der Waals surface area (Å²) in [5, 5.41) is 19.3. The maximum absolute atomic E-state index is 12.8. The van der Waals surface area contributed by atoms with Gasteiger partial charge in [-0.05, 0) is 36.8 Å². The summed E-state index contributed by atoms with van der Waals surface area (Å²) in [6.45, 7) is 3.93. The van der Waals surface area contributed by atoms with Crippen LogP contribution < -0.4 is 4.90 Å². The van der Waals surface area contributed by atoms with Crippen molar-refractivity contribution >= 4 is 33.0 Å². The van der Waals surface area contributed by atoms with E-state index in [0.717, 1.165) is 29.2 Å². The lowest BCUT2D eigenvalue weighted by atomic mass is 10.0. The van der Waals surface area contributed by atoms with Gasteiger partial charge < -0.3 is 9.64 Å². The molecule has 3 aromatic rings. The first kappa shape index (κ1) is 18.8. The van der Waals surface area contributed by atoms with Crippen molar-refractivity contribution in [2.24, 2.45) is 10.2 Å². The number of thiophene rings is 1. The first-order valence-electron chi connectivity index (χ1n) is 9.27. The summed E-state index contributed by atoms with van der Waals surface area (Å²) in [4.78, 5) is 14.9. The standard InChI is InChI=1S/C22H18N4O2S/c1-2-28-22(27)19-18(16-6-4-3-5-7-16)20(29-21(19)26-12-13-26)25-24-17-10-8-15(14-23)9-11-17/h3-11H,2,12-13H2,1H3. The Labute approximate surface area is 172 Å². The first-order valence-corrected chi connectivity index (χ1v) is 10.1. The van der Waals surface area contributed by atoms with Crippen LogP contribution in [0.5, 0.6) is 0 Å². The summed E-state index contributed by atoms with van der Waals surface area (Å²) in [5.74, 6) is -0.343. The minimum atomic E-state index is -0.343. The Bertz CT molecular complexity index is 1090. The number of nitrogens with zero attached hydrogens (tertiary/aromatic N) is 4. The number of esters is 1. The lowest BCUT2D eigenvalue weighted by molar-refractivity contribution is 0.0529. The highest BCUT2D eigenvalue weighted by atomic mass is 32.1. The van der Waals surface area contributed by atoms with Crippen LogP contribution in [-0.4, -0.2) is 25.7 Å². The monoisotopic (exact) mass is 402 g/mol. The molecule has 0 bridgehead atoms. The highest BCUT2D eigenvalue weighted by Crippen LogP contribution is 2.49. The van der Waals surface area contributed by atoms with Gasteiger partial charge >= 0.3 is 5.97 Å². The van der Waals surface area contributed by atoms with Gasteiger partial charge in [0.1, 0.15) is 15.6 Å². The number of carbonyl (C=O) groups excluding carboxylic acids is 1. The fraction of sp³-hybridized carbons (Fsp3) is 0.182. The largest absolute Gasteiger partial charge is 0.462 e. The Balaban J connectivity index is 1.82. The minimum absolute atomic E-state index is 0.310. The summed E-state index contributed by atoms with van der Waals surface area (Å²) in [7, 11) is 0. The van der Waals surface area contributed by atoms with Gasteiger partial charge in [-0.25, -0.2) is 4.79 Å². The Morgan fingerprint density at radius 3 is 2.48 bits per heavy atom. The van der Waals surface area contributed by atoms with Crippen LogP contribution in [0.4, 0.5) is 15.7 Å². The molecule has 2 aromatic carbocycles. The third-order valence-corrected chi connectivity index (χ3v) is 5.54. The van der Waals surface area contributed by atoms with Crippen molar-refractivity contribution < 1.29 is 9.53 Å². The van der Waals surface area contributed by atoms with Gasteiger partial charge in [0.05, 0.1) is 23.9 Å². The van der Waals surface area contributed by atoms with Gasteiger partial charge in [0.25, 0.3) is 0 Å². The molecule has 1 aliphatic rings. The van der Waals surface area contributed by atoms with Crippen LogP contribution >= 0.6 is 11.3 Å². The van der Waals surface area contributed by atoms with Crippen LogP contribution in [-0.2, 0) is 4.74 Å². The number of azo groups is 1. The van der Waals surface area contributed by atoms with Gasteiger partial charge in [0, 0.05) is 18.7 Å². The van der Waals surface area contributed by atoms with Crippen LogP contribution in [0, 0.1) is 11.3 Å². The summed E-state index contributed by atoms with van der Waals surface area (Å²) < 4.78 is 5.35. The molecule has 0 spiro atoms. The fourth-order valence-electron chi connectivity index (χ4n) is 2.92. The van der Waals surface area contributed by atoms with Crippen molar-refractivity contribution in [3.8, 4) is 17.2 Å². The smallest absolute Gasteiger partial charge is 0.341 e. The van der Waals surface area contributed by atoms with Crippen LogP contribution in [0.25, 0.3) is 11.1 Å². The molecule has 144 valence electrons. The Morgan fingerprint density at radius 1 is 1.14 bits per heavy atom. The van der Waals surface area contributed by atoms with E-state index in [1.165, 1.54) is 11.3 Å². The summed E-state index contributed by atoms with van der Waals surface area (Å²) in [5.41, 5.74) is 3.40. The third kappa shape index (κ3) is 4.03. The molecule has 29 heavy (non-hydrogen) atoms. The fourth-order valence-corrected chi connectivity index (χ4v) is 4.11. The highest BCUT2D eigenvalue weighted by Gasteiger charge is 2.32. The Kier molecular flexibility index (Phi) is 5.36. The highest BCUT2D eigenvalue weighted by molar-refractivity contribution is 7.21. The molecule has 6 nitrogen and oxygen atoms in total. The van der Waals surface area contributed by atoms with Gasteiger partial charge in [0.2, 0.25) is 0 Å². The predicted molar refractivity (Wildman–Crippen MR) is 113 cm³/mol. The van der Waals surface area contributed by atoms with E-state index in [1.807, 2.05) is 30.3 Å². The normalized spacial score (nSPS) is 12.8. The number of anilines is 1. The predicted octanol–water partition coefficient (Wildman–Crippen LogP) is 5.70. The number of rotatable bonds is 6. The average molecular weight is 402 g/mol. The molecular weight excluding hydrogens is 384 g/mol. The van der Waals surface area contributed by atoms with Crippen LogP contribution in [0.1, 0.15) is 22.8 Å². The van der Waals surface area contributed by atoms with Crippen molar-refractivity contribution in [3.63, 3.8) is 0 Å². The van der Waals surface area contributed by atoms with E-state index >= 15 is 0 Å². The topological polar surface area (TPSA) is 77.8 Å². The first-order chi connectivity index (χ1) is 14.2. The number of hydrogen-bond donors (Lipinski definition) is 0. The van der Waals surface area contributed by atoms with E-state index in [2.05, 4.69) is 21.2 Å². The zero-order valence-electron chi connectivity index (χ0n) is 15.8. The second-order valence-electron chi connectivity index (χ2n) is 6.39. The molecule has 2 heterocycles. The maximum atomic E-state index is 12.8. The SMILES string of the molecule is CCOC(=O)c1c(N2CC2)sc(N=Nc2ccc(C#N)cc2)c1-c1ccccc1. The number of hydrogen-bond acceptors (Lipinski definition) is 7. The van der Waals surface area contributed by atoms with Gasteiger partial charge in [-0.2, -0.15) is 5.26 Å². The van der Waals surface area contributed by atoms with Gasteiger partial charge in [0.15, 0.2) is 0 Å². The van der Waals surface area contributed by atoms with E-state index in [4.69, 9.17) is 10.00 Å². The van der Waals surface area contributed by atoms with Gasteiger partial charge in [-0.1, -0.05) is 41.7 Å². The van der Waals surface area contributed by atoms with Crippen molar-refractivity contribution in [1.82, 2.24) is 0 Å².